The van der Waals surface area contributed by atoms with E-state index in [2.05, 4.69) is 15.7 Å². The fourth-order valence-corrected chi connectivity index (χ4v) is 6.66. The van der Waals surface area contributed by atoms with Crippen molar-refractivity contribution in [3.63, 3.8) is 0 Å². The minimum atomic E-state index is -3.09. The number of rotatable bonds is 4. The summed E-state index contributed by atoms with van der Waals surface area (Å²) < 4.78 is 25.5. The maximum absolute atomic E-state index is 12.5. The van der Waals surface area contributed by atoms with Gasteiger partial charge in [-0.25, -0.2) is 17.9 Å². The Kier molecular flexibility index (Phi) is 4.46. The first kappa shape index (κ1) is 18.0. The van der Waals surface area contributed by atoms with E-state index in [1.54, 1.807) is 4.68 Å². The molecule has 4 rings (SSSR count). The second-order valence-electron chi connectivity index (χ2n) is 7.52. The van der Waals surface area contributed by atoms with E-state index in [9.17, 15) is 13.2 Å². The van der Waals surface area contributed by atoms with Gasteiger partial charge in [0.2, 0.25) is 0 Å². The van der Waals surface area contributed by atoms with Crippen molar-refractivity contribution in [2.24, 2.45) is 0 Å². The minimum absolute atomic E-state index is 0.0305. The minimum Gasteiger partial charge on any atom is -0.332 e. The van der Waals surface area contributed by atoms with E-state index < -0.39 is 14.6 Å². The Balaban J connectivity index is 1.45. The SMILES string of the molecule is Cc1cc(NC(=O)NC2CS(=O)(=O)C23CCCC3)n(Cc2ccccc2)n1. The van der Waals surface area contributed by atoms with E-state index in [0.29, 0.717) is 25.2 Å². The summed E-state index contributed by atoms with van der Waals surface area (Å²) in [5, 5.41) is 10.2. The van der Waals surface area contributed by atoms with Gasteiger partial charge in [-0.3, -0.25) is 5.32 Å². The van der Waals surface area contributed by atoms with E-state index in [0.717, 1.165) is 24.1 Å². The predicted molar refractivity (Wildman–Crippen MR) is 103 cm³/mol. The number of anilines is 1. The molecule has 1 aromatic heterocycles. The number of amides is 2. The van der Waals surface area contributed by atoms with Gasteiger partial charge in [0.05, 0.1) is 28.8 Å². The Hall–Kier alpha value is -2.35. The van der Waals surface area contributed by atoms with Crippen molar-refractivity contribution in [3.8, 4) is 0 Å². The molecule has 144 valence electrons. The Bertz CT molecular complexity index is 947. The topological polar surface area (TPSA) is 93.1 Å². The molecule has 7 nitrogen and oxygen atoms in total. The van der Waals surface area contributed by atoms with Crippen LogP contribution in [0.1, 0.15) is 36.9 Å². The highest BCUT2D eigenvalue weighted by Gasteiger charge is 2.61. The highest BCUT2D eigenvalue weighted by Crippen LogP contribution is 2.47. The van der Waals surface area contributed by atoms with Gasteiger partial charge in [-0.05, 0) is 25.3 Å². The van der Waals surface area contributed by atoms with Crippen molar-refractivity contribution < 1.29 is 13.2 Å². The van der Waals surface area contributed by atoms with Gasteiger partial charge in [-0.15, -0.1) is 0 Å². The average molecular weight is 388 g/mol. The smallest absolute Gasteiger partial charge is 0.320 e. The van der Waals surface area contributed by atoms with E-state index in [1.165, 1.54) is 0 Å². The van der Waals surface area contributed by atoms with Crippen molar-refractivity contribution in [2.75, 3.05) is 11.1 Å². The normalized spacial score (nSPS) is 22.3. The van der Waals surface area contributed by atoms with Crippen LogP contribution in [0.15, 0.2) is 36.4 Å². The van der Waals surface area contributed by atoms with Gasteiger partial charge < -0.3 is 5.32 Å². The molecule has 2 amide bonds. The second kappa shape index (κ2) is 6.67. The van der Waals surface area contributed by atoms with Crippen molar-refractivity contribution in [1.82, 2.24) is 15.1 Å². The summed E-state index contributed by atoms with van der Waals surface area (Å²) in [5.41, 5.74) is 1.89. The number of urea groups is 1. The van der Waals surface area contributed by atoms with Gasteiger partial charge in [-0.1, -0.05) is 43.2 Å². The summed E-state index contributed by atoms with van der Waals surface area (Å²) in [4.78, 5) is 12.5. The van der Waals surface area contributed by atoms with Crippen LogP contribution in [0.3, 0.4) is 0 Å². The molecule has 1 aliphatic heterocycles. The molecule has 0 bridgehead atoms. The molecule has 2 fully saturated rings. The number of sulfone groups is 1. The first-order chi connectivity index (χ1) is 12.9. The molecule has 1 atom stereocenters. The number of hydrogen-bond acceptors (Lipinski definition) is 4. The second-order valence-corrected chi connectivity index (χ2v) is 9.89. The van der Waals surface area contributed by atoms with E-state index in [-0.39, 0.29) is 17.8 Å². The fourth-order valence-electron chi connectivity index (χ4n) is 4.29. The first-order valence-corrected chi connectivity index (χ1v) is 10.9. The van der Waals surface area contributed by atoms with Crippen LogP contribution in [0.4, 0.5) is 10.6 Å². The van der Waals surface area contributed by atoms with Gasteiger partial charge >= 0.3 is 6.03 Å². The number of nitrogens with zero attached hydrogens (tertiary/aromatic N) is 2. The quantitative estimate of drug-likeness (QED) is 0.841. The van der Waals surface area contributed by atoms with E-state index in [1.807, 2.05) is 43.3 Å². The number of carbonyl (C=O) groups is 1. The fraction of sp³-hybridized carbons (Fsp3) is 0.474. The lowest BCUT2D eigenvalue weighted by Crippen LogP contribution is -2.69. The van der Waals surface area contributed by atoms with Crippen LogP contribution in [-0.4, -0.2) is 40.8 Å². The first-order valence-electron chi connectivity index (χ1n) is 9.28. The molecular formula is C19H24N4O3S. The molecular weight excluding hydrogens is 364 g/mol. The van der Waals surface area contributed by atoms with Crippen LogP contribution < -0.4 is 10.6 Å². The molecule has 1 aromatic carbocycles. The summed E-state index contributed by atoms with van der Waals surface area (Å²) in [7, 11) is -3.09. The highest BCUT2D eigenvalue weighted by atomic mass is 32.2. The molecule has 1 saturated heterocycles. The molecule has 0 radical (unpaired) electrons. The number of hydrogen-bond donors (Lipinski definition) is 2. The molecule has 2 heterocycles. The zero-order chi connectivity index (χ0) is 19.1. The van der Waals surface area contributed by atoms with E-state index >= 15 is 0 Å². The molecule has 1 spiro atoms. The zero-order valence-electron chi connectivity index (χ0n) is 15.3. The lowest BCUT2D eigenvalue weighted by molar-refractivity contribution is 0.242. The Morgan fingerprint density at radius 3 is 2.63 bits per heavy atom. The number of nitrogens with one attached hydrogen (secondary N) is 2. The Morgan fingerprint density at radius 2 is 1.96 bits per heavy atom. The molecule has 1 unspecified atom stereocenters. The van der Waals surface area contributed by atoms with Gasteiger partial charge in [0.1, 0.15) is 5.82 Å². The molecule has 2 aliphatic rings. The van der Waals surface area contributed by atoms with Crippen LogP contribution in [0.25, 0.3) is 0 Å². The third-order valence-electron chi connectivity index (χ3n) is 5.71. The van der Waals surface area contributed by atoms with Gasteiger partial charge in [0.25, 0.3) is 0 Å². The van der Waals surface area contributed by atoms with Gasteiger partial charge in [0, 0.05) is 6.07 Å². The monoisotopic (exact) mass is 388 g/mol. The molecule has 2 N–H and O–H groups in total. The van der Waals surface area contributed by atoms with Crippen molar-refractivity contribution >= 4 is 21.7 Å². The summed E-state index contributed by atoms with van der Waals surface area (Å²) in [6.07, 6.45) is 3.10. The van der Waals surface area contributed by atoms with Crippen LogP contribution in [0, 0.1) is 6.92 Å². The zero-order valence-corrected chi connectivity index (χ0v) is 16.1. The molecule has 8 heteroatoms. The van der Waals surface area contributed by atoms with Crippen molar-refractivity contribution in [2.45, 2.75) is 49.9 Å². The highest BCUT2D eigenvalue weighted by molar-refractivity contribution is 7.94. The lowest BCUT2D eigenvalue weighted by Gasteiger charge is -2.46. The summed E-state index contributed by atoms with van der Waals surface area (Å²) in [6.45, 7) is 2.42. The Morgan fingerprint density at radius 1 is 1.26 bits per heavy atom. The summed E-state index contributed by atoms with van der Waals surface area (Å²) in [6, 6.07) is 11.0. The number of aryl methyl sites for hydroxylation is 1. The molecule has 1 aliphatic carbocycles. The largest absolute Gasteiger partial charge is 0.332 e. The molecule has 27 heavy (non-hydrogen) atoms. The lowest BCUT2D eigenvalue weighted by atomic mass is 9.97. The number of benzene rings is 1. The van der Waals surface area contributed by atoms with Gasteiger partial charge in [-0.2, -0.15) is 5.10 Å². The van der Waals surface area contributed by atoms with Crippen molar-refractivity contribution in [3.05, 3.63) is 47.7 Å². The molecule has 1 saturated carbocycles. The third kappa shape index (κ3) is 3.22. The van der Waals surface area contributed by atoms with Crippen LogP contribution in [-0.2, 0) is 16.4 Å². The van der Waals surface area contributed by atoms with Crippen LogP contribution in [0.2, 0.25) is 0 Å². The summed E-state index contributed by atoms with van der Waals surface area (Å²) in [5.74, 6) is 0.624. The number of carbonyl (C=O) groups excluding carboxylic acids is 1. The van der Waals surface area contributed by atoms with Crippen molar-refractivity contribution in [1.29, 1.82) is 0 Å². The van der Waals surface area contributed by atoms with Crippen LogP contribution in [0.5, 0.6) is 0 Å². The Labute approximate surface area is 159 Å². The van der Waals surface area contributed by atoms with E-state index in [4.69, 9.17) is 0 Å². The average Bonchev–Trinajstić information content (AvgIpc) is 3.25. The van der Waals surface area contributed by atoms with Gasteiger partial charge in [0.15, 0.2) is 9.84 Å². The third-order valence-corrected chi connectivity index (χ3v) is 8.42. The van der Waals surface area contributed by atoms with Crippen LogP contribution >= 0.6 is 0 Å². The standard InChI is InChI=1S/C19H24N4O3S/c1-14-11-17(23(22-14)12-15-7-3-2-4-8-15)21-18(24)20-16-13-27(25,26)19(16)9-5-6-10-19/h2-4,7-8,11,16H,5-6,9-10,12-13H2,1H3,(H2,20,21,24). The maximum Gasteiger partial charge on any atom is 0.320 e. The predicted octanol–water partition coefficient (Wildman–Crippen LogP) is 2.47. The summed E-state index contributed by atoms with van der Waals surface area (Å²) >= 11 is 0. The number of aromatic nitrogens is 2. The maximum atomic E-state index is 12.5. The molecule has 2 aromatic rings.